The third kappa shape index (κ3) is 0.692. The van der Waals surface area contributed by atoms with Gasteiger partial charge in [-0.15, -0.1) is 0 Å². The van der Waals surface area contributed by atoms with Crippen molar-refractivity contribution in [1.82, 2.24) is 0 Å². The summed E-state index contributed by atoms with van der Waals surface area (Å²) >= 11 is 0. The van der Waals surface area contributed by atoms with Gasteiger partial charge in [-0.3, -0.25) is 0 Å². The number of aliphatic hydroxyl groups is 1. The molecule has 0 aromatic rings. The quantitative estimate of drug-likeness (QED) is 0.647. The number of aliphatic hydroxyl groups excluding tert-OH is 1. The molecule has 5 unspecified atom stereocenters. The van der Waals surface area contributed by atoms with E-state index in [4.69, 9.17) is 4.74 Å². The van der Waals surface area contributed by atoms with E-state index in [0.29, 0.717) is 17.8 Å². The van der Waals surface area contributed by atoms with E-state index in [9.17, 15) is 5.11 Å². The number of hydrogen-bond acceptors (Lipinski definition) is 2. The van der Waals surface area contributed by atoms with Crippen LogP contribution < -0.4 is 0 Å². The van der Waals surface area contributed by atoms with E-state index in [-0.39, 0.29) is 11.5 Å². The molecule has 72 valence electrons. The van der Waals surface area contributed by atoms with Crippen molar-refractivity contribution in [3.8, 4) is 0 Å². The summed E-state index contributed by atoms with van der Waals surface area (Å²) in [6.07, 6.45) is 6.61. The van der Waals surface area contributed by atoms with Crippen LogP contribution in [-0.4, -0.2) is 24.9 Å². The lowest BCUT2D eigenvalue weighted by Gasteiger charge is -2.62. The molecule has 2 saturated carbocycles. The maximum atomic E-state index is 9.89. The number of methoxy groups -OCH3 is 1. The molecular weight excluding hydrogens is 164 g/mol. The predicted molar refractivity (Wildman–Crippen MR) is 49.2 cm³/mol. The summed E-state index contributed by atoms with van der Waals surface area (Å²) in [6.45, 7) is 0.869. The zero-order valence-electron chi connectivity index (χ0n) is 7.94. The fourth-order valence-corrected chi connectivity index (χ4v) is 3.86. The molecule has 3 aliphatic rings. The maximum absolute atomic E-state index is 9.89. The Morgan fingerprint density at radius 1 is 1.54 bits per heavy atom. The minimum absolute atomic E-state index is 0.0689. The monoisotopic (exact) mass is 180 g/mol. The smallest absolute Gasteiger partial charge is 0.0639 e. The molecule has 2 heteroatoms. The number of rotatable bonds is 2. The molecule has 5 atom stereocenters. The summed E-state index contributed by atoms with van der Waals surface area (Å²) < 4.78 is 5.22. The zero-order chi connectivity index (χ0) is 9.05. The highest BCUT2D eigenvalue weighted by molar-refractivity contribution is 5.34. The second-order valence-electron chi connectivity index (χ2n) is 4.70. The first-order chi connectivity index (χ1) is 6.30. The molecule has 0 amide bonds. The highest BCUT2D eigenvalue weighted by atomic mass is 16.5. The second kappa shape index (κ2) is 2.37. The van der Waals surface area contributed by atoms with Crippen molar-refractivity contribution >= 4 is 0 Å². The minimum atomic E-state index is -0.0689. The number of ether oxygens (including phenoxy) is 1. The Balaban J connectivity index is 1.84. The van der Waals surface area contributed by atoms with Crippen molar-refractivity contribution in [3.63, 3.8) is 0 Å². The Morgan fingerprint density at radius 3 is 3.00 bits per heavy atom. The summed E-state index contributed by atoms with van der Waals surface area (Å²) in [4.78, 5) is 0. The Kier molecular flexibility index (Phi) is 1.46. The van der Waals surface area contributed by atoms with Gasteiger partial charge >= 0.3 is 0 Å². The molecule has 0 aliphatic heterocycles. The van der Waals surface area contributed by atoms with Gasteiger partial charge < -0.3 is 9.84 Å². The third-order valence-electron chi connectivity index (χ3n) is 4.48. The van der Waals surface area contributed by atoms with Gasteiger partial charge in [0.25, 0.3) is 0 Å². The third-order valence-corrected chi connectivity index (χ3v) is 4.48. The van der Waals surface area contributed by atoms with Crippen LogP contribution in [0.4, 0.5) is 0 Å². The largest absolute Gasteiger partial charge is 0.392 e. The van der Waals surface area contributed by atoms with Crippen molar-refractivity contribution in [2.24, 2.45) is 23.2 Å². The van der Waals surface area contributed by atoms with Gasteiger partial charge in [-0.1, -0.05) is 12.2 Å². The van der Waals surface area contributed by atoms with Crippen molar-refractivity contribution < 1.29 is 9.84 Å². The lowest BCUT2D eigenvalue weighted by molar-refractivity contribution is -0.136. The zero-order valence-corrected chi connectivity index (χ0v) is 7.94. The Labute approximate surface area is 78.6 Å². The molecule has 0 heterocycles. The Bertz CT molecular complexity index is 261. The standard InChI is InChI=1S/C11H16O2/c1-13-6-7-8-2-3-10(12)11(8)5-4-9(7)11/h4-5,7-10,12H,2-3,6H2,1H3. The number of allylic oxidation sites excluding steroid dienone is 1. The van der Waals surface area contributed by atoms with E-state index in [2.05, 4.69) is 12.2 Å². The van der Waals surface area contributed by atoms with Crippen molar-refractivity contribution in [2.75, 3.05) is 13.7 Å². The molecule has 0 aromatic carbocycles. The van der Waals surface area contributed by atoms with Gasteiger partial charge in [-0.2, -0.15) is 0 Å². The van der Waals surface area contributed by atoms with Crippen molar-refractivity contribution in [3.05, 3.63) is 12.2 Å². The van der Waals surface area contributed by atoms with Crippen LogP contribution in [0, 0.1) is 23.2 Å². The van der Waals surface area contributed by atoms with Gasteiger partial charge in [0.15, 0.2) is 0 Å². The first-order valence-corrected chi connectivity index (χ1v) is 5.17. The molecule has 13 heavy (non-hydrogen) atoms. The van der Waals surface area contributed by atoms with Crippen LogP contribution in [-0.2, 0) is 4.74 Å². The molecule has 0 radical (unpaired) electrons. The molecular formula is C11H16O2. The summed E-state index contributed by atoms with van der Waals surface area (Å²) in [5.41, 5.74) is 0.198. The van der Waals surface area contributed by atoms with E-state index < -0.39 is 0 Å². The summed E-state index contributed by atoms with van der Waals surface area (Å²) in [5.74, 6) is 2.01. The molecule has 3 aliphatic carbocycles. The SMILES string of the molecule is COCC1C2C=CC23C(O)CCC13. The Morgan fingerprint density at radius 2 is 2.38 bits per heavy atom. The van der Waals surface area contributed by atoms with Gasteiger partial charge in [0.05, 0.1) is 6.10 Å². The average Bonchev–Trinajstić information content (AvgIpc) is 2.40. The van der Waals surface area contributed by atoms with E-state index in [1.165, 1.54) is 6.42 Å². The number of hydrogen-bond donors (Lipinski definition) is 1. The first kappa shape index (κ1) is 8.01. The molecule has 1 spiro atoms. The fourth-order valence-electron chi connectivity index (χ4n) is 3.86. The van der Waals surface area contributed by atoms with Crippen LogP contribution in [0.2, 0.25) is 0 Å². The van der Waals surface area contributed by atoms with Gasteiger partial charge in [0, 0.05) is 19.1 Å². The molecule has 2 nitrogen and oxygen atoms in total. The molecule has 3 rings (SSSR count). The van der Waals surface area contributed by atoms with Crippen LogP contribution >= 0.6 is 0 Å². The van der Waals surface area contributed by atoms with Gasteiger partial charge in [-0.05, 0) is 30.6 Å². The van der Waals surface area contributed by atoms with E-state index in [0.717, 1.165) is 13.0 Å². The maximum Gasteiger partial charge on any atom is 0.0639 e. The van der Waals surface area contributed by atoms with Crippen LogP contribution in [0.5, 0.6) is 0 Å². The van der Waals surface area contributed by atoms with Crippen LogP contribution in [0.25, 0.3) is 0 Å². The van der Waals surface area contributed by atoms with Gasteiger partial charge in [0.2, 0.25) is 0 Å². The summed E-state index contributed by atoms with van der Waals surface area (Å²) in [6, 6.07) is 0. The van der Waals surface area contributed by atoms with Crippen LogP contribution in [0.1, 0.15) is 12.8 Å². The van der Waals surface area contributed by atoms with E-state index in [1.807, 2.05) is 0 Å². The molecule has 1 N–H and O–H groups in total. The van der Waals surface area contributed by atoms with Crippen molar-refractivity contribution in [2.45, 2.75) is 18.9 Å². The van der Waals surface area contributed by atoms with Crippen LogP contribution in [0.15, 0.2) is 12.2 Å². The van der Waals surface area contributed by atoms with E-state index >= 15 is 0 Å². The highest BCUT2D eigenvalue weighted by Crippen LogP contribution is 2.70. The lowest BCUT2D eigenvalue weighted by atomic mass is 9.42. The lowest BCUT2D eigenvalue weighted by Crippen LogP contribution is -2.62. The first-order valence-electron chi connectivity index (χ1n) is 5.17. The van der Waals surface area contributed by atoms with Gasteiger partial charge in [0.1, 0.15) is 0 Å². The molecule has 2 fully saturated rings. The molecule has 0 saturated heterocycles. The minimum Gasteiger partial charge on any atom is -0.392 e. The van der Waals surface area contributed by atoms with Crippen LogP contribution in [0.3, 0.4) is 0 Å². The van der Waals surface area contributed by atoms with Gasteiger partial charge in [-0.25, -0.2) is 0 Å². The summed E-state index contributed by atoms with van der Waals surface area (Å²) in [5, 5.41) is 9.89. The highest BCUT2D eigenvalue weighted by Gasteiger charge is 2.68. The molecule has 0 bridgehead atoms. The summed E-state index contributed by atoms with van der Waals surface area (Å²) in [7, 11) is 1.77. The fraction of sp³-hybridized carbons (Fsp3) is 0.818. The van der Waals surface area contributed by atoms with Crippen molar-refractivity contribution in [1.29, 1.82) is 0 Å². The normalized spacial score (nSPS) is 56.5. The topological polar surface area (TPSA) is 29.5 Å². The Hall–Kier alpha value is -0.340. The average molecular weight is 180 g/mol. The van der Waals surface area contributed by atoms with E-state index in [1.54, 1.807) is 7.11 Å². The molecule has 0 aromatic heterocycles. The predicted octanol–water partition coefficient (Wildman–Crippen LogP) is 1.21. The second-order valence-corrected chi connectivity index (χ2v) is 4.70.